The molecule has 1 aromatic carbocycles. The smallest absolute Gasteiger partial charge is 0.241 e. The normalized spacial score (nSPS) is 13.1. The number of hydrogen-bond acceptors (Lipinski definition) is 4. The predicted octanol–water partition coefficient (Wildman–Crippen LogP) is 0.0394. The second-order valence-electron chi connectivity index (χ2n) is 4.50. The summed E-state index contributed by atoms with van der Waals surface area (Å²) in [7, 11) is -0.992. The quantitative estimate of drug-likeness (QED) is 0.803. The van der Waals surface area contributed by atoms with Crippen molar-refractivity contribution in [2.45, 2.75) is 24.4 Å². The largest absolute Gasteiger partial charge is 0.347 e. The van der Waals surface area contributed by atoms with E-state index in [0.29, 0.717) is 0 Å². The monoisotopic (exact) mass is 303 g/mol. The number of nitrogens with two attached hydrogens (primary N) is 1. The maximum Gasteiger partial charge on any atom is 0.241 e. The molecule has 0 saturated heterocycles. The van der Waals surface area contributed by atoms with Gasteiger partial charge in [0.1, 0.15) is 5.82 Å². The zero-order valence-electron chi connectivity index (χ0n) is 11.6. The maximum absolute atomic E-state index is 13.6. The minimum Gasteiger partial charge on any atom is -0.347 e. The molecule has 1 amide bonds. The van der Waals surface area contributed by atoms with Gasteiger partial charge in [-0.25, -0.2) is 12.8 Å². The Balaban J connectivity index is 3.13. The molecule has 6 nitrogen and oxygen atoms in total. The fraction of sp³-hybridized carbons (Fsp3) is 0.417. The number of benzene rings is 1. The number of halogens is 1. The number of nitrogens with one attached hydrogen (secondary N) is 1. The minimum atomic E-state index is -4.02. The molecular weight excluding hydrogens is 285 g/mol. The van der Waals surface area contributed by atoms with E-state index in [1.54, 1.807) is 0 Å². The van der Waals surface area contributed by atoms with Crippen molar-refractivity contribution in [1.82, 2.24) is 9.62 Å². The molecule has 0 aliphatic rings. The number of likely N-dealkylation sites (N-methyl/N-ethyl adjacent to an activating group) is 1. The second-order valence-corrected chi connectivity index (χ2v) is 6.18. The van der Waals surface area contributed by atoms with Crippen LogP contribution in [0.15, 0.2) is 23.1 Å². The van der Waals surface area contributed by atoms with Gasteiger partial charge in [0.2, 0.25) is 15.9 Å². The summed E-state index contributed by atoms with van der Waals surface area (Å²) < 4.78 is 40.2. The topological polar surface area (TPSA) is 92.5 Å². The lowest BCUT2D eigenvalue weighted by molar-refractivity contribution is -0.130. The SMILES string of the molecule is CC(NS(=O)(=O)c1cccc(F)c1CN)C(=O)N(C)C. The number of carbonyl (C=O) groups is 1. The van der Waals surface area contributed by atoms with Crippen LogP contribution in [0.3, 0.4) is 0 Å². The van der Waals surface area contributed by atoms with Crippen molar-refractivity contribution in [3.8, 4) is 0 Å². The third kappa shape index (κ3) is 3.53. The highest BCUT2D eigenvalue weighted by Crippen LogP contribution is 2.18. The fourth-order valence-electron chi connectivity index (χ4n) is 1.72. The molecule has 1 atom stereocenters. The van der Waals surface area contributed by atoms with Crippen molar-refractivity contribution in [2.24, 2.45) is 5.73 Å². The molecular formula is C12H18FN3O3S. The predicted molar refractivity (Wildman–Crippen MR) is 72.8 cm³/mol. The fourth-order valence-corrected chi connectivity index (χ4v) is 3.18. The van der Waals surface area contributed by atoms with E-state index in [2.05, 4.69) is 4.72 Å². The molecule has 112 valence electrons. The average molecular weight is 303 g/mol. The first-order chi connectivity index (χ1) is 9.20. The van der Waals surface area contributed by atoms with Crippen LogP contribution in [-0.2, 0) is 21.4 Å². The molecule has 8 heteroatoms. The van der Waals surface area contributed by atoms with Crippen molar-refractivity contribution in [3.05, 3.63) is 29.6 Å². The highest BCUT2D eigenvalue weighted by Gasteiger charge is 2.25. The standard InChI is InChI=1S/C12H18FN3O3S/c1-8(12(17)16(2)3)15-20(18,19)11-6-4-5-10(13)9(11)7-14/h4-6,8,15H,7,14H2,1-3H3. The van der Waals surface area contributed by atoms with E-state index in [-0.39, 0.29) is 17.0 Å². The van der Waals surface area contributed by atoms with Crippen molar-refractivity contribution >= 4 is 15.9 Å². The van der Waals surface area contributed by atoms with Gasteiger partial charge < -0.3 is 10.6 Å². The molecule has 20 heavy (non-hydrogen) atoms. The van der Waals surface area contributed by atoms with Crippen molar-refractivity contribution < 1.29 is 17.6 Å². The molecule has 1 aromatic rings. The van der Waals surface area contributed by atoms with Gasteiger partial charge in [0.25, 0.3) is 0 Å². The lowest BCUT2D eigenvalue weighted by atomic mass is 10.2. The number of hydrogen-bond donors (Lipinski definition) is 2. The first-order valence-corrected chi connectivity index (χ1v) is 7.40. The zero-order valence-corrected chi connectivity index (χ0v) is 12.4. The Morgan fingerprint density at radius 2 is 2.05 bits per heavy atom. The van der Waals surface area contributed by atoms with Crippen LogP contribution in [0.2, 0.25) is 0 Å². The third-order valence-electron chi connectivity index (χ3n) is 2.71. The summed E-state index contributed by atoms with van der Waals surface area (Å²) in [6.07, 6.45) is 0. The van der Waals surface area contributed by atoms with Crippen LogP contribution in [0.1, 0.15) is 12.5 Å². The van der Waals surface area contributed by atoms with Gasteiger partial charge in [0.15, 0.2) is 0 Å². The highest BCUT2D eigenvalue weighted by atomic mass is 32.2. The van der Waals surface area contributed by atoms with E-state index in [9.17, 15) is 17.6 Å². The van der Waals surface area contributed by atoms with Gasteiger partial charge in [-0.1, -0.05) is 6.07 Å². The summed E-state index contributed by atoms with van der Waals surface area (Å²) >= 11 is 0. The molecule has 1 unspecified atom stereocenters. The Hall–Kier alpha value is -1.51. The van der Waals surface area contributed by atoms with E-state index in [1.807, 2.05) is 0 Å². The number of carbonyl (C=O) groups excluding carboxylic acids is 1. The third-order valence-corrected chi connectivity index (χ3v) is 4.34. The molecule has 0 spiro atoms. The van der Waals surface area contributed by atoms with Gasteiger partial charge in [-0.05, 0) is 19.1 Å². The average Bonchev–Trinajstić information content (AvgIpc) is 2.36. The molecule has 0 aromatic heterocycles. The van der Waals surface area contributed by atoms with E-state index in [4.69, 9.17) is 5.73 Å². The Morgan fingerprint density at radius 3 is 2.55 bits per heavy atom. The van der Waals surface area contributed by atoms with Crippen LogP contribution in [0.4, 0.5) is 4.39 Å². The van der Waals surface area contributed by atoms with Gasteiger partial charge in [-0.15, -0.1) is 0 Å². The van der Waals surface area contributed by atoms with Gasteiger partial charge in [0.05, 0.1) is 10.9 Å². The van der Waals surface area contributed by atoms with Crippen LogP contribution in [0, 0.1) is 5.82 Å². The van der Waals surface area contributed by atoms with E-state index in [1.165, 1.54) is 38.1 Å². The van der Waals surface area contributed by atoms with E-state index < -0.39 is 27.8 Å². The van der Waals surface area contributed by atoms with Crippen molar-refractivity contribution in [3.63, 3.8) is 0 Å². The first-order valence-electron chi connectivity index (χ1n) is 5.91. The van der Waals surface area contributed by atoms with Crippen LogP contribution in [0.5, 0.6) is 0 Å². The summed E-state index contributed by atoms with van der Waals surface area (Å²) in [6.45, 7) is 1.17. The molecule has 0 radical (unpaired) electrons. The zero-order chi connectivity index (χ0) is 15.5. The molecule has 0 bridgehead atoms. The lowest BCUT2D eigenvalue weighted by Gasteiger charge is -2.19. The van der Waals surface area contributed by atoms with Crippen LogP contribution in [0.25, 0.3) is 0 Å². The maximum atomic E-state index is 13.6. The molecule has 1 rings (SSSR count). The van der Waals surface area contributed by atoms with Crippen LogP contribution >= 0.6 is 0 Å². The van der Waals surface area contributed by atoms with E-state index >= 15 is 0 Å². The molecule has 0 aliphatic heterocycles. The van der Waals surface area contributed by atoms with Crippen molar-refractivity contribution in [1.29, 1.82) is 0 Å². The van der Waals surface area contributed by atoms with Gasteiger partial charge >= 0.3 is 0 Å². The van der Waals surface area contributed by atoms with E-state index in [0.717, 1.165) is 6.07 Å². The highest BCUT2D eigenvalue weighted by molar-refractivity contribution is 7.89. The Morgan fingerprint density at radius 1 is 1.45 bits per heavy atom. The first kappa shape index (κ1) is 16.5. The van der Waals surface area contributed by atoms with Crippen LogP contribution in [-0.4, -0.2) is 39.4 Å². The number of rotatable bonds is 5. The number of sulfonamides is 1. The molecule has 3 N–H and O–H groups in total. The number of amides is 1. The summed E-state index contributed by atoms with van der Waals surface area (Å²) in [6, 6.07) is 2.71. The Labute approximate surface area is 117 Å². The molecule has 0 fully saturated rings. The van der Waals surface area contributed by atoms with Gasteiger partial charge in [-0.3, -0.25) is 4.79 Å². The molecule has 0 heterocycles. The Bertz CT molecular complexity index is 602. The summed E-state index contributed by atoms with van der Waals surface area (Å²) in [5.74, 6) is -1.10. The van der Waals surface area contributed by atoms with Gasteiger partial charge in [-0.2, -0.15) is 4.72 Å². The lowest BCUT2D eigenvalue weighted by Crippen LogP contribution is -2.44. The number of nitrogens with zero attached hydrogens (tertiary/aromatic N) is 1. The summed E-state index contributed by atoms with van der Waals surface area (Å²) in [4.78, 5) is 12.7. The van der Waals surface area contributed by atoms with Crippen LogP contribution < -0.4 is 10.5 Å². The van der Waals surface area contributed by atoms with Crippen molar-refractivity contribution in [2.75, 3.05) is 14.1 Å². The Kier molecular flexibility index (Phi) is 5.21. The molecule has 0 saturated carbocycles. The second kappa shape index (κ2) is 6.29. The summed E-state index contributed by atoms with van der Waals surface area (Å²) in [5.41, 5.74) is 5.27. The minimum absolute atomic E-state index is 0.107. The van der Waals surface area contributed by atoms with Gasteiger partial charge in [0, 0.05) is 26.2 Å². The summed E-state index contributed by atoms with van der Waals surface area (Å²) in [5, 5.41) is 0. The molecule has 0 aliphatic carbocycles.